The van der Waals surface area contributed by atoms with Crippen molar-refractivity contribution in [2.24, 2.45) is 18.7 Å². The second kappa shape index (κ2) is 16.5. The third-order valence-corrected chi connectivity index (χ3v) is 12.2. The van der Waals surface area contributed by atoms with E-state index in [1.807, 2.05) is 12.3 Å². The number of rotatable bonds is 11. The number of aromatic nitrogens is 4. The van der Waals surface area contributed by atoms with Crippen LogP contribution in [0, 0.1) is 5.92 Å². The zero-order valence-electron chi connectivity index (χ0n) is 31.9. The Kier molecular flexibility index (Phi) is 11.2. The standard InChI is InChI=1S/C41H54N10O4/c1-47-36-23-32(9-10-34(36)51(41(47)54)35-11-12-38(52)46-40(35)53)49-21-13-28(14-22-49)25-48-19-15-30(16-20-48)29-5-7-31(8-6-29)44-39-33(26-55-27-42)43-24-37(45-39)50-17-3-2-4-18-50/h5-10,23-24,28,30,35H,2-4,11-22,25-27,42H2,1H3,(H,44,45)(H,46,52,53). The second-order valence-electron chi connectivity index (χ2n) is 15.7. The summed E-state index contributed by atoms with van der Waals surface area (Å²) in [6.07, 6.45) is 10.6. The van der Waals surface area contributed by atoms with Gasteiger partial charge < -0.3 is 30.5 Å². The molecule has 8 rings (SSSR count). The van der Waals surface area contributed by atoms with Crippen LogP contribution >= 0.6 is 0 Å². The van der Waals surface area contributed by atoms with Gasteiger partial charge in [0.05, 0.1) is 30.6 Å². The van der Waals surface area contributed by atoms with Crippen LogP contribution in [0.15, 0.2) is 53.5 Å². The van der Waals surface area contributed by atoms with Crippen LogP contribution in [0.25, 0.3) is 11.0 Å². The molecule has 0 bridgehead atoms. The van der Waals surface area contributed by atoms with Crippen molar-refractivity contribution in [3.05, 3.63) is 70.4 Å². The van der Waals surface area contributed by atoms with Gasteiger partial charge in [-0.2, -0.15) is 0 Å². The van der Waals surface area contributed by atoms with Crippen molar-refractivity contribution >= 4 is 45.9 Å². The molecule has 1 atom stereocenters. The lowest BCUT2D eigenvalue weighted by Gasteiger charge is -2.38. The van der Waals surface area contributed by atoms with Crippen LogP contribution in [0.4, 0.5) is 23.0 Å². The number of amides is 2. The molecule has 14 nitrogen and oxygen atoms in total. The first-order chi connectivity index (χ1) is 26.8. The maximum atomic E-state index is 13.2. The lowest BCUT2D eigenvalue weighted by Crippen LogP contribution is -2.44. The Morgan fingerprint density at radius 1 is 0.873 bits per heavy atom. The fourth-order valence-corrected chi connectivity index (χ4v) is 8.98. The van der Waals surface area contributed by atoms with E-state index in [-0.39, 0.29) is 24.7 Å². The first-order valence-electron chi connectivity index (χ1n) is 20.1. The van der Waals surface area contributed by atoms with E-state index >= 15 is 0 Å². The number of fused-ring (bicyclic) bond motifs is 1. The molecular weight excluding hydrogens is 697 g/mol. The van der Waals surface area contributed by atoms with Crippen molar-refractivity contribution in [3.8, 4) is 0 Å². The first-order valence-corrected chi connectivity index (χ1v) is 20.1. The summed E-state index contributed by atoms with van der Waals surface area (Å²) in [5.41, 5.74) is 11.1. The van der Waals surface area contributed by atoms with Gasteiger partial charge in [-0.1, -0.05) is 12.1 Å². The normalized spacial score (nSPS) is 20.7. The van der Waals surface area contributed by atoms with Gasteiger partial charge in [-0.15, -0.1) is 0 Å². The molecule has 0 aliphatic carbocycles. The molecule has 14 heteroatoms. The number of anilines is 4. The van der Waals surface area contributed by atoms with E-state index in [1.54, 1.807) is 16.2 Å². The van der Waals surface area contributed by atoms with Crippen LogP contribution in [0.5, 0.6) is 0 Å². The van der Waals surface area contributed by atoms with Crippen molar-refractivity contribution in [3.63, 3.8) is 0 Å². The van der Waals surface area contributed by atoms with Crippen molar-refractivity contribution in [2.75, 3.05) is 67.7 Å². The molecule has 6 heterocycles. The summed E-state index contributed by atoms with van der Waals surface area (Å²) in [6, 6.07) is 14.3. The summed E-state index contributed by atoms with van der Waals surface area (Å²) in [5.74, 6) is 2.15. The van der Waals surface area contributed by atoms with E-state index in [9.17, 15) is 14.4 Å². The number of carbonyl (C=O) groups excluding carboxylic acids is 2. The molecule has 55 heavy (non-hydrogen) atoms. The molecule has 2 amide bonds. The van der Waals surface area contributed by atoms with Gasteiger partial charge in [-0.3, -0.25) is 29.0 Å². The first kappa shape index (κ1) is 37.1. The Morgan fingerprint density at radius 2 is 1.64 bits per heavy atom. The molecule has 2 aromatic heterocycles. The van der Waals surface area contributed by atoms with Crippen LogP contribution in [0.1, 0.15) is 81.0 Å². The number of ether oxygens (including phenoxy) is 1. The number of aryl methyl sites for hydroxylation is 1. The van der Waals surface area contributed by atoms with Crippen molar-refractivity contribution in [2.45, 2.75) is 76.4 Å². The number of nitrogens with zero attached hydrogens (tertiary/aromatic N) is 7. The molecular formula is C41H54N10O4. The zero-order valence-corrected chi connectivity index (χ0v) is 31.9. The summed E-state index contributed by atoms with van der Waals surface area (Å²) in [4.78, 5) is 54.6. The third-order valence-electron chi connectivity index (χ3n) is 12.2. The number of nitrogens with one attached hydrogen (secondary N) is 2. The van der Waals surface area contributed by atoms with Gasteiger partial charge in [-0.05, 0) is 112 Å². The Hall–Kier alpha value is -4.79. The Labute approximate surface area is 322 Å². The highest BCUT2D eigenvalue weighted by Gasteiger charge is 2.32. The Balaban J connectivity index is 0.827. The highest BCUT2D eigenvalue weighted by atomic mass is 16.5. The summed E-state index contributed by atoms with van der Waals surface area (Å²) in [6.45, 7) is 7.79. The molecule has 1 unspecified atom stereocenters. The van der Waals surface area contributed by atoms with Crippen LogP contribution in [-0.4, -0.2) is 88.4 Å². The van der Waals surface area contributed by atoms with E-state index in [4.69, 9.17) is 20.4 Å². The lowest BCUT2D eigenvalue weighted by atomic mass is 9.88. The summed E-state index contributed by atoms with van der Waals surface area (Å²) >= 11 is 0. The largest absolute Gasteiger partial charge is 0.371 e. The Morgan fingerprint density at radius 3 is 2.36 bits per heavy atom. The predicted octanol–water partition coefficient (Wildman–Crippen LogP) is 4.37. The molecule has 4 aliphatic heterocycles. The Bertz CT molecular complexity index is 2040. The monoisotopic (exact) mass is 750 g/mol. The number of nitrogens with two attached hydrogens (primary N) is 1. The van der Waals surface area contributed by atoms with Crippen LogP contribution in [-0.2, 0) is 28.0 Å². The van der Waals surface area contributed by atoms with Gasteiger partial charge in [0.1, 0.15) is 17.6 Å². The number of hydrogen-bond donors (Lipinski definition) is 3. The molecule has 4 fully saturated rings. The number of piperidine rings is 4. The predicted molar refractivity (Wildman–Crippen MR) is 214 cm³/mol. The quantitative estimate of drug-likeness (QED) is 0.148. The molecule has 0 spiro atoms. The number of carbonyl (C=O) groups is 2. The fraction of sp³-hybridized carbons (Fsp3) is 0.537. The van der Waals surface area contributed by atoms with Crippen LogP contribution < -0.4 is 31.9 Å². The van der Waals surface area contributed by atoms with Crippen LogP contribution in [0.3, 0.4) is 0 Å². The van der Waals surface area contributed by atoms with Gasteiger partial charge in [0.2, 0.25) is 11.8 Å². The van der Waals surface area contributed by atoms with Crippen molar-refractivity contribution in [1.29, 1.82) is 0 Å². The maximum Gasteiger partial charge on any atom is 0.329 e. The molecule has 4 aliphatic rings. The van der Waals surface area contributed by atoms with E-state index < -0.39 is 11.9 Å². The maximum absolute atomic E-state index is 13.2. The minimum atomic E-state index is -0.672. The van der Waals surface area contributed by atoms with Crippen molar-refractivity contribution in [1.82, 2.24) is 29.3 Å². The minimum Gasteiger partial charge on any atom is -0.371 e. The SMILES string of the molecule is Cn1c(=O)n(C2CCC(=O)NC2=O)c2ccc(N3CCC(CN4CCC(c5ccc(Nc6nc(N7CCCCC7)cnc6COCN)cc5)CC4)CC3)cc21. The average Bonchev–Trinajstić information content (AvgIpc) is 3.46. The number of likely N-dealkylation sites (tertiary alicyclic amines) is 1. The van der Waals surface area contributed by atoms with Crippen molar-refractivity contribution < 1.29 is 14.3 Å². The van der Waals surface area contributed by atoms with E-state index in [2.05, 4.69) is 61.7 Å². The third kappa shape index (κ3) is 8.12. The number of hydrogen-bond acceptors (Lipinski definition) is 11. The highest BCUT2D eigenvalue weighted by Crippen LogP contribution is 2.33. The number of imide groups is 1. The molecule has 0 saturated carbocycles. The zero-order chi connectivity index (χ0) is 37.9. The van der Waals surface area contributed by atoms with E-state index in [1.165, 1.54) is 24.8 Å². The molecule has 0 radical (unpaired) electrons. The topological polar surface area (TPSA) is 156 Å². The smallest absolute Gasteiger partial charge is 0.329 e. The molecule has 2 aromatic carbocycles. The summed E-state index contributed by atoms with van der Waals surface area (Å²) in [7, 11) is 1.75. The van der Waals surface area contributed by atoms with Gasteiger partial charge in [-0.25, -0.2) is 9.78 Å². The van der Waals surface area contributed by atoms with Gasteiger partial charge in [0.25, 0.3) is 0 Å². The second-order valence-corrected chi connectivity index (χ2v) is 15.7. The molecule has 292 valence electrons. The molecule has 4 aromatic rings. The number of benzene rings is 2. The van der Waals surface area contributed by atoms with Crippen LogP contribution in [0.2, 0.25) is 0 Å². The van der Waals surface area contributed by atoms with Gasteiger partial charge in [0, 0.05) is 57.6 Å². The minimum absolute atomic E-state index is 0.137. The lowest BCUT2D eigenvalue weighted by molar-refractivity contribution is -0.135. The molecule has 4 saturated heterocycles. The van der Waals surface area contributed by atoms with Gasteiger partial charge in [0.15, 0.2) is 5.82 Å². The fourth-order valence-electron chi connectivity index (χ4n) is 8.98. The highest BCUT2D eigenvalue weighted by molar-refractivity contribution is 6.00. The van der Waals surface area contributed by atoms with E-state index in [0.29, 0.717) is 24.9 Å². The van der Waals surface area contributed by atoms with E-state index in [0.717, 1.165) is 111 Å². The summed E-state index contributed by atoms with van der Waals surface area (Å²) in [5, 5.41) is 5.90. The average molecular weight is 751 g/mol. The summed E-state index contributed by atoms with van der Waals surface area (Å²) < 4.78 is 8.66. The van der Waals surface area contributed by atoms with Gasteiger partial charge >= 0.3 is 5.69 Å². The molecule has 4 N–H and O–H groups in total. The number of imidazole rings is 1.